The summed E-state index contributed by atoms with van der Waals surface area (Å²) in [4.78, 5) is 15.2. The average Bonchev–Trinajstić information content (AvgIpc) is 2.54. The standard InChI is InChI=1S/C13H17N3OS2/c1-9-6-7-16(12(17)8-18-13(14)15)10-4-2-3-5-11(10)19-9/h2-5,9H,6-8H2,1H3,(H3,14,15)/t9-/m0/s1. The zero-order chi connectivity index (χ0) is 13.8. The van der Waals surface area contributed by atoms with Gasteiger partial charge in [-0.3, -0.25) is 10.2 Å². The Bertz CT molecular complexity index is 493. The maximum Gasteiger partial charge on any atom is 0.237 e. The van der Waals surface area contributed by atoms with Crippen LogP contribution in [0.15, 0.2) is 29.2 Å². The first-order valence-electron chi connectivity index (χ1n) is 6.11. The van der Waals surface area contributed by atoms with Crippen LogP contribution in [0.4, 0.5) is 5.69 Å². The molecular weight excluding hydrogens is 278 g/mol. The Labute approximate surface area is 121 Å². The van der Waals surface area contributed by atoms with Crippen molar-refractivity contribution in [2.75, 3.05) is 17.2 Å². The highest BCUT2D eigenvalue weighted by molar-refractivity contribution is 8.14. The predicted octanol–water partition coefficient (Wildman–Crippen LogP) is 2.53. The number of anilines is 1. The van der Waals surface area contributed by atoms with Crippen molar-refractivity contribution in [3.63, 3.8) is 0 Å². The van der Waals surface area contributed by atoms with Crippen LogP contribution in [-0.2, 0) is 4.79 Å². The average molecular weight is 295 g/mol. The number of nitrogens with zero attached hydrogens (tertiary/aromatic N) is 1. The molecule has 6 heteroatoms. The van der Waals surface area contributed by atoms with Crippen LogP contribution in [0.1, 0.15) is 13.3 Å². The number of thioether (sulfide) groups is 2. The van der Waals surface area contributed by atoms with Gasteiger partial charge in [0.2, 0.25) is 5.91 Å². The minimum Gasteiger partial charge on any atom is -0.379 e. The molecule has 0 radical (unpaired) electrons. The number of para-hydroxylation sites is 1. The van der Waals surface area contributed by atoms with Crippen LogP contribution in [0, 0.1) is 5.41 Å². The summed E-state index contributed by atoms with van der Waals surface area (Å²) in [5, 5.41) is 7.67. The molecule has 0 saturated heterocycles. The Morgan fingerprint density at radius 2 is 2.32 bits per heavy atom. The van der Waals surface area contributed by atoms with Crippen molar-refractivity contribution in [1.29, 1.82) is 5.41 Å². The first-order valence-corrected chi connectivity index (χ1v) is 7.97. The molecular formula is C13H17N3OS2. The number of hydrogen-bond acceptors (Lipinski definition) is 4. The van der Waals surface area contributed by atoms with Crippen LogP contribution in [0.3, 0.4) is 0 Å². The molecule has 19 heavy (non-hydrogen) atoms. The number of carbonyl (C=O) groups is 1. The summed E-state index contributed by atoms with van der Waals surface area (Å²) >= 11 is 2.89. The third kappa shape index (κ3) is 3.67. The third-order valence-corrected chi connectivity index (χ3v) is 4.84. The van der Waals surface area contributed by atoms with Gasteiger partial charge in [-0.05, 0) is 18.6 Å². The van der Waals surface area contributed by atoms with Crippen molar-refractivity contribution in [3.05, 3.63) is 24.3 Å². The molecule has 1 aromatic rings. The smallest absolute Gasteiger partial charge is 0.237 e. The molecule has 4 nitrogen and oxygen atoms in total. The van der Waals surface area contributed by atoms with E-state index >= 15 is 0 Å². The molecule has 0 aromatic heterocycles. The lowest BCUT2D eigenvalue weighted by Gasteiger charge is -2.22. The number of nitrogens with two attached hydrogens (primary N) is 1. The second kappa shape index (κ2) is 6.34. The number of hydrogen-bond donors (Lipinski definition) is 2. The highest BCUT2D eigenvalue weighted by Gasteiger charge is 2.23. The number of benzene rings is 1. The molecule has 1 amide bonds. The van der Waals surface area contributed by atoms with E-state index in [9.17, 15) is 4.79 Å². The largest absolute Gasteiger partial charge is 0.379 e. The molecule has 1 aromatic carbocycles. The molecule has 2 rings (SSSR count). The molecule has 0 saturated carbocycles. The van der Waals surface area contributed by atoms with E-state index in [1.807, 2.05) is 34.9 Å². The Hall–Kier alpha value is -1.14. The van der Waals surface area contributed by atoms with Gasteiger partial charge in [0.05, 0.1) is 11.4 Å². The Morgan fingerprint density at radius 3 is 3.05 bits per heavy atom. The maximum atomic E-state index is 12.3. The van der Waals surface area contributed by atoms with Gasteiger partial charge in [-0.15, -0.1) is 11.8 Å². The van der Waals surface area contributed by atoms with Gasteiger partial charge >= 0.3 is 0 Å². The van der Waals surface area contributed by atoms with Crippen molar-refractivity contribution in [1.82, 2.24) is 0 Å². The molecule has 1 atom stereocenters. The van der Waals surface area contributed by atoms with E-state index in [1.54, 1.807) is 0 Å². The molecule has 0 bridgehead atoms. The van der Waals surface area contributed by atoms with Crippen LogP contribution in [0.5, 0.6) is 0 Å². The van der Waals surface area contributed by atoms with E-state index in [1.165, 1.54) is 0 Å². The van der Waals surface area contributed by atoms with Crippen molar-refractivity contribution >= 4 is 40.3 Å². The lowest BCUT2D eigenvalue weighted by atomic mass is 10.2. The number of amides is 1. The van der Waals surface area contributed by atoms with Crippen LogP contribution in [-0.4, -0.2) is 28.6 Å². The minimum atomic E-state index is -0.0146. The highest BCUT2D eigenvalue weighted by atomic mass is 32.2. The summed E-state index contributed by atoms with van der Waals surface area (Å²) in [6, 6.07) is 7.99. The first kappa shape index (κ1) is 14.3. The van der Waals surface area contributed by atoms with Gasteiger partial charge in [0, 0.05) is 16.7 Å². The summed E-state index contributed by atoms with van der Waals surface area (Å²) < 4.78 is 0. The zero-order valence-corrected chi connectivity index (χ0v) is 12.4. The maximum absolute atomic E-state index is 12.3. The summed E-state index contributed by atoms with van der Waals surface area (Å²) in [5.41, 5.74) is 6.27. The van der Waals surface area contributed by atoms with E-state index in [2.05, 4.69) is 13.0 Å². The van der Waals surface area contributed by atoms with Gasteiger partial charge in [0.15, 0.2) is 5.17 Å². The van der Waals surface area contributed by atoms with Crippen molar-refractivity contribution in [2.45, 2.75) is 23.5 Å². The molecule has 0 spiro atoms. The van der Waals surface area contributed by atoms with Gasteiger partial charge in [-0.25, -0.2) is 0 Å². The molecule has 3 N–H and O–H groups in total. The van der Waals surface area contributed by atoms with E-state index in [0.29, 0.717) is 5.25 Å². The van der Waals surface area contributed by atoms with E-state index in [4.69, 9.17) is 11.1 Å². The SMILES string of the molecule is C[C@H]1CCN(C(=O)CSC(=N)N)c2ccccc2S1. The minimum absolute atomic E-state index is 0.0146. The number of carbonyl (C=O) groups excluding carboxylic acids is 1. The second-order valence-electron chi connectivity index (χ2n) is 4.38. The molecule has 1 aliphatic rings. The Balaban J connectivity index is 2.20. The second-order valence-corrected chi connectivity index (χ2v) is 6.88. The number of amidine groups is 1. The summed E-state index contributed by atoms with van der Waals surface area (Å²) in [6.07, 6.45) is 0.968. The molecule has 0 unspecified atom stereocenters. The normalized spacial score (nSPS) is 18.6. The van der Waals surface area contributed by atoms with E-state index < -0.39 is 0 Å². The fourth-order valence-electron chi connectivity index (χ4n) is 1.96. The number of fused-ring (bicyclic) bond motifs is 1. The van der Waals surface area contributed by atoms with Gasteiger partial charge in [0.25, 0.3) is 0 Å². The fraction of sp³-hybridized carbons (Fsp3) is 0.385. The molecule has 102 valence electrons. The molecule has 1 heterocycles. The third-order valence-electron chi connectivity index (χ3n) is 2.90. The number of nitrogens with one attached hydrogen (secondary N) is 1. The number of rotatable bonds is 2. The Kier molecular flexibility index (Phi) is 4.76. The van der Waals surface area contributed by atoms with Gasteiger partial charge < -0.3 is 10.6 Å². The van der Waals surface area contributed by atoms with Gasteiger partial charge in [-0.2, -0.15) is 0 Å². The van der Waals surface area contributed by atoms with Crippen molar-refractivity contribution < 1.29 is 4.79 Å². The van der Waals surface area contributed by atoms with E-state index in [0.717, 1.165) is 35.3 Å². The van der Waals surface area contributed by atoms with Crippen molar-refractivity contribution in [3.8, 4) is 0 Å². The predicted molar refractivity (Wildman–Crippen MR) is 83.1 cm³/mol. The van der Waals surface area contributed by atoms with Crippen molar-refractivity contribution in [2.24, 2.45) is 5.73 Å². The topological polar surface area (TPSA) is 70.2 Å². The summed E-state index contributed by atoms with van der Waals surface area (Å²) in [6.45, 7) is 2.90. The molecule has 0 aliphatic carbocycles. The lowest BCUT2D eigenvalue weighted by Crippen LogP contribution is -2.34. The lowest BCUT2D eigenvalue weighted by molar-refractivity contribution is -0.116. The van der Waals surface area contributed by atoms with Gasteiger partial charge in [0.1, 0.15) is 0 Å². The Morgan fingerprint density at radius 1 is 1.58 bits per heavy atom. The quantitative estimate of drug-likeness (QED) is 0.650. The van der Waals surface area contributed by atoms with Gasteiger partial charge in [-0.1, -0.05) is 30.8 Å². The monoisotopic (exact) mass is 295 g/mol. The summed E-state index contributed by atoms with van der Waals surface area (Å²) in [5.74, 6) is 0.241. The molecule has 1 aliphatic heterocycles. The van der Waals surface area contributed by atoms with Crippen LogP contribution in [0.2, 0.25) is 0 Å². The highest BCUT2D eigenvalue weighted by Crippen LogP contribution is 2.37. The molecule has 0 fully saturated rings. The van der Waals surface area contributed by atoms with E-state index in [-0.39, 0.29) is 16.8 Å². The van der Waals surface area contributed by atoms with Crippen LogP contribution in [0.25, 0.3) is 0 Å². The zero-order valence-electron chi connectivity index (χ0n) is 10.8. The van der Waals surface area contributed by atoms with Crippen LogP contribution >= 0.6 is 23.5 Å². The fourth-order valence-corrected chi connectivity index (χ4v) is 3.51. The van der Waals surface area contributed by atoms with Crippen LogP contribution < -0.4 is 10.6 Å². The first-order chi connectivity index (χ1) is 9.08. The summed E-state index contributed by atoms with van der Waals surface area (Å²) in [7, 11) is 0.